The van der Waals surface area contributed by atoms with Crippen molar-refractivity contribution in [3.05, 3.63) is 64.1 Å². The molecule has 2 aromatic rings. The summed E-state index contributed by atoms with van der Waals surface area (Å²) in [5.74, 6) is 0.361. The first-order valence-electron chi connectivity index (χ1n) is 6.97. The van der Waals surface area contributed by atoms with Crippen LogP contribution in [0.25, 0.3) is 0 Å². The van der Waals surface area contributed by atoms with Crippen LogP contribution >= 0.6 is 11.8 Å². The van der Waals surface area contributed by atoms with Crippen LogP contribution in [-0.2, 0) is 11.2 Å². The number of nitro benzene ring substituents is 1. The van der Waals surface area contributed by atoms with E-state index in [0.717, 1.165) is 5.56 Å². The van der Waals surface area contributed by atoms with Gasteiger partial charge in [-0.3, -0.25) is 14.9 Å². The van der Waals surface area contributed by atoms with Crippen LogP contribution in [-0.4, -0.2) is 27.5 Å². The summed E-state index contributed by atoms with van der Waals surface area (Å²) in [5.41, 5.74) is 0.727. The maximum Gasteiger partial charge on any atom is 0.269 e. The molecular formula is C15H12N4O4S. The van der Waals surface area contributed by atoms with Crippen molar-refractivity contribution in [3.8, 4) is 0 Å². The third-order valence-corrected chi connectivity index (χ3v) is 4.27. The summed E-state index contributed by atoms with van der Waals surface area (Å²) in [5, 5.41) is 21.2. The molecule has 1 N–H and O–H groups in total. The molecule has 1 aliphatic rings. The lowest BCUT2D eigenvalue weighted by Gasteiger charge is -2.04. The maximum atomic E-state index is 12.0. The molecule has 8 nitrogen and oxygen atoms in total. The molecule has 2 heterocycles. The molecule has 9 heteroatoms. The topological polar surface area (TPSA) is 110 Å². The standard InChI is InChI=1S/C15H12N4O4S/c20-14-13(8-10-3-1-4-11(7-10)19(21)22)24-15(17-14)18-16-9-12-5-2-6-23-12/h1-7,9,13H,8H2,(H,17,18,20)/b16-9+. The van der Waals surface area contributed by atoms with Crippen molar-refractivity contribution in [2.24, 2.45) is 10.2 Å². The van der Waals surface area contributed by atoms with Crippen LogP contribution in [0.2, 0.25) is 0 Å². The molecule has 24 heavy (non-hydrogen) atoms. The third kappa shape index (κ3) is 3.87. The molecule has 1 aliphatic heterocycles. The number of carbonyl (C=O) groups excluding carboxylic acids is 1. The maximum absolute atomic E-state index is 12.0. The minimum Gasteiger partial charge on any atom is -0.463 e. The van der Waals surface area contributed by atoms with Gasteiger partial charge in [-0.2, -0.15) is 5.10 Å². The number of hydrogen-bond donors (Lipinski definition) is 1. The van der Waals surface area contributed by atoms with Crippen molar-refractivity contribution >= 4 is 34.7 Å². The van der Waals surface area contributed by atoms with Crippen molar-refractivity contribution in [3.63, 3.8) is 0 Å². The van der Waals surface area contributed by atoms with Crippen molar-refractivity contribution in [1.82, 2.24) is 5.32 Å². The van der Waals surface area contributed by atoms with Gasteiger partial charge in [-0.1, -0.05) is 23.9 Å². The average Bonchev–Trinajstić information content (AvgIpc) is 3.18. The molecule has 122 valence electrons. The quantitative estimate of drug-likeness (QED) is 0.508. The van der Waals surface area contributed by atoms with Gasteiger partial charge in [0.1, 0.15) is 5.76 Å². The van der Waals surface area contributed by atoms with Gasteiger partial charge < -0.3 is 9.73 Å². The van der Waals surface area contributed by atoms with E-state index in [-0.39, 0.29) is 11.6 Å². The van der Waals surface area contributed by atoms with Crippen LogP contribution < -0.4 is 5.32 Å². The number of nitrogens with zero attached hydrogens (tertiary/aromatic N) is 3. The van der Waals surface area contributed by atoms with Gasteiger partial charge in [0.15, 0.2) is 5.17 Å². The number of furan rings is 1. The van der Waals surface area contributed by atoms with Gasteiger partial charge in [0.2, 0.25) is 5.91 Å². The molecule has 0 saturated carbocycles. The minimum atomic E-state index is -0.457. The first-order valence-corrected chi connectivity index (χ1v) is 7.85. The van der Waals surface area contributed by atoms with Gasteiger partial charge in [-0.15, -0.1) is 5.10 Å². The number of carbonyl (C=O) groups is 1. The summed E-state index contributed by atoms with van der Waals surface area (Å²) in [6, 6.07) is 9.71. The smallest absolute Gasteiger partial charge is 0.269 e. The van der Waals surface area contributed by atoms with Crippen LogP contribution in [0.5, 0.6) is 0 Å². The predicted octanol–water partition coefficient (Wildman–Crippen LogP) is 2.35. The number of hydrogen-bond acceptors (Lipinski definition) is 7. The fourth-order valence-corrected chi connectivity index (χ4v) is 3.07. The number of amides is 1. The zero-order valence-electron chi connectivity index (χ0n) is 12.3. The average molecular weight is 344 g/mol. The van der Waals surface area contributed by atoms with Gasteiger partial charge in [0.25, 0.3) is 5.69 Å². The fraction of sp³-hybridized carbons (Fsp3) is 0.133. The zero-order chi connectivity index (χ0) is 16.9. The van der Waals surface area contributed by atoms with E-state index in [1.165, 1.54) is 36.4 Å². The molecule has 0 aliphatic carbocycles. The molecule has 0 bridgehead atoms. The summed E-state index contributed by atoms with van der Waals surface area (Å²) in [6.07, 6.45) is 3.34. The molecule has 1 aromatic carbocycles. The Morgan fingerprint density at radius 2 is 2.25 bits per heavy atom. The molecule has 1 atom stereocenters. The van der Waals surface area contributed by atoms with Crippen molar-refractivity contribution < 1.29 is 14.1 Å². The second-order valence-corrected chi connectivity index (χ2v) is 6.08. The number of nitro groups is 1. The van der Waals surface area contributed by atoms with E-state index in [2.05, 4.69) is 15.5 Å². The Hall–Kier alpha value is -2.94. The Labute approximate surface area is 140 Å². The summed E-state index contributed by atoms with van der Waals surface area (Å²) in [4.78, 5) is 22.3. The number of rotatable bonds is 5. The lowest BCUT2D eigenvalue weighted by atomic mass is 10.1. The number of nitrogens with one attached hydrogen (secondary N) is 1. The van der Waals surface area contributed by atoms with E-state index in [1.807, 2.05) is 0 Å². The second-order valence-electron chi connectivity index (χ2n) is 4.89. The third-order valence-electron chi connectivity index (χ3n) is 3.20. The van der Waals surface area contributed by atoms with E-state index < -0.39 is 10.2 Å². The highest BCUT2D eigenvalue weighted by Gasteiger charge is 2.30. The summed E-state index contributed by atoms with van der Waals surface area (Å²) in [6.45, 7) is 0. The van der Waals surface area contributed by atoms with Crippen LogP contribution in [0.15, 0.2) is 57.3 Å². The minimum absolute atomic E-state index is 0.00726. The predicted molar refractivity (Wildman–Crippen MR) is 90.1 cm³/mol. The Morgan fingerprint density at radius 1 is 1.38 bits per heavy atom. The molecule has 1 aromatic heterocycles. The normalized spacial score (nSPS) is 19.1. The van der Waals surface area contributed by atoms with Crippen molar-refractivity contribution in [1.29, 1.82) is 0 Å². The van der Waals surface area contributed by atoms with Gasteiger partial charge in [-0.25, -0.2) is 0 Å². The van der Waals surface area contributed by atoms with E-state index in [1.54, 1.807) is 24.3 Å². The Morgan fingerprint density at radius 3 is 3.00 bits per heavy atom. The summed E-state index contributed by atoms with van der Waals surface area (Å²) in [7, 11) is 0. The summed E-state index contributed by atoms with van der Waals surface area (Å²) >= 11 is 1.24. The van der Waals surface area contributed by atoms with E-state index in [0.29, 0.717) is 17.3 Å². The van der Waals surface area contributed by atoms with Crippen LogP contribution in [0, 0.1) is 10.1 Å². The van der Waals surface area contributed by atoms with Crippen molar-refractivity contribution in [2.75, 3.05) is 0 Å². The van der Waals surface area contributed by atoms with E-state index >= 15 is 0 Å². The van der Waals surface area contributed by atoms with E-state index in [9.17, 15) is 14.9 Å². The highest BCUT2D eigenvalue weighted by atomic mass is 32.2. The van der Waals surface area contributed by atoms with Crippen LogP contribution in [0.3, 0.4) is 0 Å². The SMILES string of the molecule is O=C1N/C(=N\N=C\c2ccco2)SC1Cc1cccc([N+](=O)[O-])c1. The highest BCUT2D eigenvalue weighted by Crippen LogP contribution is 2.24. The Kier molecular flexibility index (Phi) is 4.71. The van der Waals surface area contributed by atoms with Gasteiger partial charge >= 0.3 is 0 Å². The molecular weight excluding hydrogens is 332 g/mol. The molecule has 3 rings (SSSR count). The summed E-state index contributed by atoms with van der Waals surface area (Å²) < 4.78 is 5.08. The molecule has 1 amide bonds. The van der Waals surface area contributed by atoms with Crippen LogP contribution in [0.1, 0.15) is 11.3 Å². The number of non-ortho nitro benzene ring substituents is 1. The second kappa shape index (κ2) is 7.09. The van der Waals surface area contributed by atoms with Gasteiger partial charge in [0.05, 0.1) is 22.7 Å². The van der Waals surface area contributed by atoms with Crippen LogP contribution in [0.4, 0.5) is 5.69 Å². The fourth-order valence-electron chi connectivity index (χ4n) is 2.10. The first-order chi connectivity index (χ1) is 11.6. The molecule has 1 saturated heterocycles. The lowest BCUT2D eigenvalue weighted by molar-refractivity contribution is -0.384. The Balaban J connectivity index is 1.64. The largest absolute Gasteiger partial charge is 0.463 e. The monoisotopic (exact) mass is 344 g/mol. The highest BCUT2D eigenvalue weighted by molar-refractivity contribution is 8.15. The number of thioether (sulfide) groups is 1. The lowest BCUT2D eigenvalue weighted by Crippen LogP contribution is -2.25. The molecule has 1 unspecified atom stereocenters. The van der Waals surface area contributed by atoms with Gasteiger partial charge in [-0.05, 0) is 24.1 Å². The van der Waals surface area contributed by atoms with Crippen molar-refractivity contribution in [2.45, 2.75) is 11.7 Å². The molecule has 1 fully saturated rings. The first kappa shape index (κ1) is 15.9. The Bertz CT molecular complexity index is 817. The number of benzene rings is 1. The zero-order valence-corrected chi connectivity index (χ0v) is 13.1. The van der Waals surface area contributed by atoms with Gasteiger partial charge in [0, 0.05) is 12.1 Å². The molecule has 0 radical (unpaired) electrons. The number of amidine groups is 1. The molecule has 0 spiro atoms. The van der Waals surface area contributed by atoms with E-state index in [4.69, 9.17) is 4.42 Å².